The van der Waals surface area contributed by atoms with Gasteiger partial charge in [0.25, 0.3) is 0 Å². The first-order chi connectivity index (χ1) is 7.04. The van der Waals surface area contributed by atoms with Crippen LogP contribution in [0.3, 0.4) is 0 Å². The highest BCUT2D eigenvalue weighted by Crippen LogP contribution is 2.53. The lowest BCUT2D eigenvalue weighted by molar-refractivity contribution is 0.133. The van der Waals surface area contributed by atoms with Gasteiger partial charge in [0.2, 0.25) is 0 Å². The van der Waals surface area contributed by atoms with Gasteiger partial charge in [0.1, 0.15) is 5.82 Å². The van der Waals surface area contributed by atoms with Gasteiger partial charge in [-0.15, -0.1) is 0 Å². The van der Waals surface area contributed by atoms with Crippen molar-refractivity contribution in [3.8, 4) is 0 Å². The van der Waals surface area contributed by atoms with Crippen LogP contribution in [0.5, 0.6) is 0 Å². The van der Waals surface area contributed by atoms with Crippen LogP contribution in [0.1, 0.15) is 33.0 Å². The fraction of sp³-hybridized carbons (Fsp3) is 0.750. The fourth-order valence-corrected chi connectivity index (χ4v) is 2.31. The van der Waals surface area contributed by atoms with Crippen LogP contribution in [0.2, 0.25) is 0 Å². The number of nitrogens with zero attached hydrogens (tertiary/aromatic N) is 2. The molecule has 1 aliphatic rings. The highest BCUT2D eigenvalue weighted by atomic mass is 16.3. The fourth-order valence-electron chi connectivity index (χ4n) is 2.31. The van der Waals surface area contributed by atoms with E-state index in [1.807, 2.05) is 12.4 Å². The first kappa shape index (κ1) is 10.7. The van der Waals surface area contributed by atoms with Crippen LogP contribution >= 0.6 is 0 Å². The Hall–Kier alpha value is -0.830. The second kappa shape index (κ2) is 3.63. The molecule has 1 aromatic heterocycles. The lowest BCUT2D eigenvalue weighted by Crippen LogP contribution is -2.19. The first-order valence-corrected chi connectivity index (χ1v) is 5.72. The minimum absolute atomic E-state index is 0.229. The molecule has 1 fully saturated rings. The molecule has 0 spiro atoms. The third-order valence-electron chi connectivity index (χ3n) is 3.59. The number of imidazole rings is 1. The van der Waals surface area contributed by atoms with Crippen LogP contribution < -0.4 is 0 Å². The zero-order chi connectivity index (χ0) is 11.1. The Morgan fingerprint density at radius 1 is 1.67 bits per heavy atom. The highest BCUT2D eigenvalue weighted by molar-refractivity contribution is 5.03. The van der Waals surface area contributed by atoms with E-state index in [4.69, 9.17) is 0 Å². The van der Waals surface area contributed by atoms with E-state index in [9.17, 15) is 5.11 Å². The van der Waals surface area contributed by atoms with Crippen molar-refractivity contribution < 1.29 is 5.11 Å². The molecule has 84 valence electrons. The Labute approximate surface area is 91.1 Å². The topological polar surface area (TPSA) is 38.0 Å². The van der Waals surface area contributed by atoms with E-state index >= 15 is 0 Å². The molecule has 0 radical (unpaired) electrons. The molecule has 3 heteroatoms. The molecular formula is C12H20N2O. The minimum Gasteiger partial charge on any atom is -0.392 e. The monoisotopic (exact) mass is 208 g/mol. The predicted octanol–water partition coefficient (Wildman–Crippen LogP) is 1.85. The van der Waals surface area contributed by atoms with Gasteiger partial charge >= 0.3 is 0 Å². The molecule has 2 rings (SSSR count). The summed E-state index contributed by atoms with van der Waals surface area (Å²) in [6.45, 7) is 7.45. The van der Waals surface area contributed by atoms with Crippen molar-refractivity contribution in [1.29, 1.82) is 0 Å². The van der Waals surface area contributed by atoms with Gasteiger partial charge in [-0.3, -0.25) is 0 Å². The van der Waals surface area contributed by atoms with Crippen LogP contribution in [0, 0.1) is 11.3 Å². The largest absolute Gasteiger partial charge is 0.392 e. The van der Waals surface area contributed by atoms with Gasteiger partial charge in [-0.1, -0.05) is 13.8 Å². The molecule has 0 bridgehead atoms. The molecule has 0 saturated heterocycles. The molecule has 2 atom stereocenters. The molecule has 1 saturated carbocycles. The molecule has 2 unspecified atom stereocenters. The van der Waals surface area contributed by atoms with Crippen molar-refractivity contribution in [2.24, 2.45) is 11.3 Å². The first-order valence-electron chi connectivity index (χ1n) is 5.72. The van der Waals surface area contributed by atoms with E-state index in [0.717, 1.165) is 18.8 Å². The van der Waals surface area contributed by atoms with Gasteiger partial charge in [0, 0.05) is 25.4 Å². The molecular weight excluding hydrogens is 188 g/mol. The van der Waals surface area contributed by atoms with Crippen molar-refractivity contribution in [2.75, 3.05) is 0 Å². The van der Waals surface area contributed by atoms with Gasteiger partial charge in [-0.05, 0) is 24.7 Å². The third-order valence-corrected chi connectivity index (χ3v) is 3.59. The molecule has 0 amide bonds. The van der Waals surface area contributed by atoms with Crippen LogP contribution in [0.15, 0.2) is 12.4 Å². The van der Waals surface area contributed by atoms with Crippen molar-refractivity contribution in [2.45, 2.75) is 46.3 Å². The number of hydrogen-bond acceptors (Lipinski definition) is 2. The molecule has 0 aromatic carbocycles. The Balaban J connectivity index is 1.97. The smallest absolute Gasteiger partial charge is 0.111 e. The second-order valence-corrected chi connectivity index (χ2v) is 5.20. The number of rotatable bonds is 4. The summed E-state index contributed by atoms with van der Waals surface area (Å²) in [5.74, 6) is 1.47. The van der Waals surface area contributed by atoms with E-state index in [2.05, 4.69) is 30.3 Å². The molecule has 1 aliphatic carbocycles. The summed E-state index contributed by atoms with van der Waals surface area (Å²) < 4.78 is 2.10. The lowest BCUT2D eigenvalue weighted by atomic mass is 10.0. The maximum atomic E-state index is 10.1. The molecule has 0 aliphatic heterocycles. The number of aryl methyl sites for hydroxylation is 1. The van der Waals surface area contributed by atoms with E-state index in [1.165, 1.54) is 0 Å². The Morgan fingerprint density at radius 3 is 2.87 bits per heavy atom. The van der Waals surface area contributed by atoms with Crippen LogP contribution in [-0.2, 0) is 13.0 Å². The summed E-state index contributed by atoms with van der Waals surface area (Å²) in [5.41, 5.74) is 0.336. The van der Waals surface area contributed by atoms with Gasteiger partial charge in [-0.25, -0.2) is 4.98 Å². The average Bonchev–Trinajstić information content (AvgIpc) is 2.60. The molecule has 1 heterocycles. The van der Waals surface area contributed by atoms with Gasteiger partial charge in [0.05, 0.1) is 6.10 Å². The quantitative estimate of drug-likeness (QED) is 0.820. The summed E-state index contributed by atoms with van der Waals surface area (Å²) in [7, 11) is 0. The normalized spacial score (nSPS) is 25.2. The molecule has 3 nitrogen and oxygen atoms in total. The summed E-state index contributed by atoms with van der Waals surface area (Å²) in [4.78, 5) is 4.29. The zero-order valence-corrected chi connectivity index (χ0v) is 9.77. The summed E-state index contributed by atoms with van der Waals surface area (Å²) in [5, 5.41) is 10.1. The Kier molecular flexibility index (Phi) is 2.59. The van der Waals surface area contributed by atoms with E-state index < -0.39 is 0 Å². The zero-order valence-electron chi connectivity index (χ0n) is 9.77. The Bertz CT molecular complexity index is 343. The average molecular weight is 208 g/mol. The van der Waals surface area contributed by atoms with Crippen LogP contribution in [-0.4, -0.2) is 20.8 Å². The van der Waals surface area contributed by atoms with E-state index in [1.54, 1.807) is 0 Å². The van der Waals surface area contributed by atoms with Gasteiger partial charge < -0.3 is 9.67 Å². The highest BCUT2D eigenvalue weighted by Gasteiger charge is 2.49. The van der Waals surface area contributed by atoms with E-state index in [0.29, 0.717) is 17.8 Å². The van der Waals surface area contributed by atoms with Crippen LogP contribution in [0.4, 0.5) is 0 Å². The predicted molar refractivity (Wildman–Crippen MR) is 59.5 cm³/mol. The SMILES string of the molecule is CCn1ccnc1CC(O)C1CC1(C)C. The minimum atomic E-state index is -0.229. The van der Waals surface area contributed by atoms with Crippen molar-refractivity contribution in [3.63, 3.8) is 0 Å². The molecule has 1 N–H and O–H groups in total. The number of hydrogen-bond donors (Lipinski definition) is 1. The maximum absolute atomic E-state index is 10.1. The second-order valence-electron chi connectivity index (χ2n) is 5.20. The van der Waals surface area contributed by atoms with Crippen molar-refractivity contribution >= 4 is 0 Å². The lowest BCUT2D eigenvalue weighted by Gasteiger charge is -2.12. The van der Waals surface area contributed by atoms with Crippen molar-refractivity contribution in [3.05, 3.63) is 18.2 Å². The molecule has 15 heavy (non-hydrogen) atoms. The van der Waals surface area contributed by atoms with E-state index in [-0.39, 0.29) is 6.10 Å². The Morgan fingerprint density at radius 2 is 2.33 bits per heavy atom. The molecule has 1 aromatic rings. The number of aromatic nitrogens is 2. The van der Waals surface area contributed by atoms with Gasteiger partial charge in [0.15, 0.2) is 0 Å². The summed E-state index contributed by atoms with van der Waals surface area (Å²) in [6.07, 6.45) is 5.38. The van der Waals surface area contributed by atoms with Crippen molar-refractivity contribution in [1.82, 2.24) is 9.55 Å². The standard InChI is InChI=1S/C12H20N2O/c1-4-14-6-5-13-11(14)7-10(15)9-8-12(9,2)3/h5-6,9-10,15H,4,7-8H2,1-3H3. The van der Waals surface area contributed by atoms with Crippen LogP contribution in [0.25, 0.3) is 0 Å². The number of aliphatic hydroxyl groups is 1. The number of aliphatic hydroxyl groups excluding tert-OH is 1. The summed E-state index contributed by atoms with van der Waals surface area (Å²) in [6, 6.07) is 0. The summed E-state index contributed by atoms with van der Waals surface area (Å²) >= 11 is 0. The van der Waals surface area contributed by atoms with Gasteiger partial charge in [-0.2, -0.15) is 0 Å². The third kappa shape index (κ3) is 2.07. The maximum Gasteiger partial charge on any atom is 0.111 e.